The van der Waals surface area contributed by atoms with Crippen LogP contribution in [0, 0.1) is 0 Å². The molecule has 7 nitrogen and oxygen atoms in total. The molecule has 1 fully saturated rings. The highest BCUT2D eigenvalue weighted by Crippen LogP contribution is 2.37. The number of hydrogen-bond donors (Lipinski definition) is 0. The van der Waals surface area contributed by atoms with Crippen molar-refractivity contribution in [3.05, 3.63) is 88.9 Å². The van der Waals surface area contributed by atoms with Crippen molar-refractivity contribution in [1.82, 2.24) is 4.31 Å². The average molecular weight is 559 g/mol. The van der Waals surface area contributed by atoms with Gasteiger partial charge < -0.3 is 4.79 Å². The van der Waals surface area contributed by atoms with Gasteiger partial charge in [-0.15, -0.1) is 0 Å². The van der Waals surface area contributed by atoms with E-state index in [0.717, 1.165) is 41.1 Å². The predicted molar refractivity (Wildman–Crippen MR) is 143 cm³/mol. The summed E-state index contributed by atoms with van der Waals surface area (Å²) in [4.78, 5) is 11.7. The Kier molecular flexibility index (Phi) is 7.15. The van der Waals surface area contributed by atoms with Crippen molar-refractivity contribution < 1.29 is 21.6 Å². The van der Waals surface area contributed by atoms with E-state index >= 15 is 0 Å². The first-order chi connectivity index (χ1) is 17.7. The quantitative estimate of drug-likeness (QED) is 0.371. The van der Waals surface area contributed by atoms with Gasteiger partial charge >= 0.3 is 0 Å². The highest BCUT2D eigenvalue weighted by atomic mass is 35.5. The Labute approximate surface area is 222 Å². The lowest BCUT2D eigenvalue weighted by Crippen LogP contribution is -2.39. The Bertz CT molecular complexity index is 1500. The summed E-state index contributed by atoms with van der Waals surface area (Å²) < 4.78 is 57.2. The highest BCUT2D eigenvalue weighted by molar-refractivity contribution is 7.93. The van der Waals surface area contributed by atoms with Crippen LogP contribution in [0.15, 0.2) is 82.6 Å². The van der Waals surface area contributed by atoms with Crippen LogP contribution in [-0.2, 0) is 37.8 Å². The topological polar surface area (TPSA) is 91.8 Å². The van der Waals surface area contributed by atoms with E-state index in [9.17, 15) is 21.6 Å². The number of aldehydes is 1. The summed E-state index contributed by atoms with van der Waals surface area (Å²) in [5.41, 5.74) is 2.06. The van der Waals surface area contributed by atoms with Gasteiger partial charge in [-0.25, -0.2) is 16.8 Å². The van der Waals surface area contributed by atoms with Gasteiger partial charge in [-0.3, -0.25) is 4.31 Å². The third-order valence-electron chi connectivity index (χ3n) is 7.09. The third kappa shape index (κ3) is 4.93. The lowest BCUT2D eigenvalue weighted by atomic mass is 10.1. The number of halogens is 1. The summed E-state index contributed by atoms with van der Waals surface area (Å²) in [5.74, 6) is 0. The average Bonchev–Trinajstić information content (AvgIpc) is 3.56. The molecule has 1 saturated carbocycles. The maximum atomic E-state index is 13.8. The monoisotopic (exact) mass is 558 g/mol. The summed E-state index contributed by atoms with van der Waals surface area (Å²) in [6.45, 7) is 0.204. The molecule has 0 radical (unpaired) electrons. The summed E-state index contributed by atoms with van der Waals surface area (Å²) in [5, 5.41) is 0.577. The Hall–Kier alpha value is -2.72. The zero-order valence-corrected chi connectivity index (χ0v) is 22.4. The van der Waals surface area contributed by atoms with E-state index in [0.29, 0.717) is 23.4 Å². The second kappa shape index (κ2) is 10.2. The molecule has 5 rings (SSSR count). The van der Waals surface area contributed by atoms with Crippen molar-refractivity contribution in [3.8, 4) is 0 Å². The van der Waals surface area contributed by atoms with Crippen LogP contribution in [0.4, 0.5) is 5.69 Å². The molecule has 0 bridgehead atoms. The fourth-order valence-corrected chi connectivity index (χ4v) is 8.63. The first kappa shape index (κ1) is 25.9. The second-order valence-electron chi connectivity index (χ2n) is 9.42. The van der Waals surface area contributed by atoms with Crippen LogP contribution in [0.25, 0.3) is 0 Å². The summed E-state index contributed by atoms with van der Waals surface area (Å²) in [7, 11) is -7.99. The van der Waals surface area contributed by atoms with Gasteiger partial charge in [0.1, 0.15) is 12.3 Å². The maximum Gasteiger partial charge on any atom is 0.264 e. The smallest absolute Gasteiger partial charge is 0.264 e. The first-order valence-electron chi connectivity index (χ1n) is 12.2. The summed E-state index contributed by atoms with van der Waals surface area (Å²) in [6.07, 6.45) is 4.41. The molecule has 2 aliphatic rings. The molecule has 1 unspecified atom stereocenters. The minimum atomic E-state index is -4.08. The van der Waals surface area contributed by atoms with Gasteiger partial charge in [0.25, 0.3) is 10.0 Å². The molecule has 1 atom stereocenters. The molecule has 37 heavy (non-hydrogen) atoms. The number of nitrogens with zero attached hydrogens (tertiary/aromatic N) is 2. The molecule has 0 amide bonds. The van der Waals surface area contributed by atoms with Crippen LogP contribution in [0.1, 0.15) is 36.8 Å². The Balaban J connectivity index is 1.46. The number of rotatable bonds is 8. The number of carbonyl (C=O) groups is 1. The Morgan fingerprint density at radius 3 is 2.14 bits per heavy atom. The third-order valence-corrected chi connectivity index (χ3v) is 11.1. The molecule has 194 valence electrons. The second-order valence-corrected chi connectivity index (χ2v) is 13.6. The number of para-hydroxylation sites is 1. The molecule has 0 aromatic heterocycles. The van der Waals surface area contributed by atoms with Gasteiger partial charge in [0.15, 0.2) is 0 Å². The lowest BCUT2D eigenvalue weighted by molar-refractivity contribution is -0.108. The van der Waals surface area contributed by atoms with Crippen LogP contribution < -0.4 is 4.31 Å². The van der Waals surface area contributed by atoms with Crippen molar-refractivity contribution in [3.63, 3.8) is 0 Å². The molecule has 1 heterocycles. The van der Waals surface area contributed by atoms with E-state index in [1.807, 2.05) is 12.1 Å². The van der Waals surface area contributed by atoms with Crippen molar-refractivity contribution >= 4 is 43.6 Å². The zero-order chi connectivity index (χ0) is 26.2. The first-order valence-corrected chi connectivity index (χ1v) is 15.4. The number of anilines is 1. The molecular formula is C27H27ClN2O5S2. The predicted octanol–water partition coefficient (Wildman–Crippen LogP) is 4.79. The number of carbonyl (C=O) groups excluding carboxylic acids is 1. The van der Waals surface area contributed by atoms with Crippen molar-refractivity contribution in [1.29, 1.82) is 0 Å². The fourth-order valence-electron chi connectivity index (χ4n) is 5.20. The number of sulfonamides is 2. The largest absolute Gasteiger partial charge is 0.301 e. The van der Waals surface area contributed by atoms with E-state index in [4.69, 9.17) is 11.6 Å². The van der Waals surface area contributed by atoms with Crippen molar-refractivity contribution in [2.24, 2.45) is 0 Å². The van der Waals surface area contributed by atoms with Crippen molar-refractivity contribution in [2.75, 3.05) is 4.31 Å². The van der Waals surface area contributed by atoms with E-state index in [1.54, 1.807) is 36.4 Å². The van der Waals surface area contributed by atoms with E-state index in [1.165, 1.54) is 28.6 Å². The van der Waals surface area contributed by atoms with Gasteiger partial charge in [-0.2, -0.15) is 4.31 Å². The van der Waals surface area contributed by atoms with Crippen LogP contribution >= 0.6 is 11.6 Å². The molecule has 10 heteroatoms. The van der Waals surface area contributed by atoms with Gasteiger partial charge in [-0.1, -0.05) is 54.8 Å². The molecule has 0 spiro atoms. The lowest BCUT2D eigenvalue weighted by Gasteiger charge is -2.28. The molecule has 0 saturated heterocycles. The molecular weight excluding hydrogens is 532 g/mol. The number of benzene rings is 3. The summed E-state index contributed by atoms with van der Waals surface area (Å²) in [6, 6.07) is 18.4. The van der Waals surface area contributed by atoms with Crippen LogP contribution in [0.2, 0.25) is 5.02 Å². The molecule has 3 aromatic carbocycles. The van der Waals surface area contributed by atoms with Gasteiger partial charge in [0, 0.05) is 24.0 Å². The van der Waals surface area contributed by atoms with Crippen LogP contribution in [0.5, 0.6) is 0 Å². The van der Waals surface area contributed by atoms with E-state index in [2.05, 4.69) is 0 Å². The maximum absolute atomic E-state index is 13.8. The molecule has 1 aliphatic carbocycles. The van der Waals surface area contributed by atoms with Gasteiger partial charge in [0.05, 0.1) is 15.5 Å². The van der Waals surface area contributed by atoms with E-state index in [-0.39, 0.29) is 22.4 Å². The van der Waals surface area contributed by atoms with Gasteiger partial charge in [-0.05, 0) is 66.4 Å². The molecule has 3 aromatic rings. The SMILES string of the molecule is O=CC1Cc2ccccc2N1S(=O)(=O)c1ccc(S(=O)(=O)N(Cc2ccc(Cl)cc2)C2CCCC2)cc1. The van der Waals surface area contributed by atoms with Gasteiger partial charge in [0.2, 0.25) is 10.0 Å². The fraction of sp³-hybridized carbons (Fsp3) is 0.296. The molecule has 0 N–H and O–H groups in total. The standard InChI is InChI=1S/C27H27ClN2O5S2/c28-22-11-9-20(10-12-22)18-29(23-6-2-3-7-23)36(32,33)25-13-15-26(16-14-25)37(34,35)30-24(19-31)17-21-5-1-4-8-27(21)30/h1,4-5,8-16,19,23-24H,2-3,6-7,17-18H2. The number of fused-ring (bicyclic) bond motifs is 1. The highest BCUT2D eigenvalue weighted by Gasteiger charge is 2.39. The van der Waals surface area contributed by atoms with Crippen LogP contribution in [0.3, 0.4) is 0 Å². The number of hydrogen-bond acceptors (Lipinski definition) is 5. The van der Waals surface area contributed by atoms with E-state index < -0.39 is 26.1 Å². The van der Waals surface area contributed by atoms with Crippen molar-refractivity contribution in [2.45, 2.75) is 60.5 Å². The zero-order valence-electron chi connectivity index (χ0n) is 20.0. The van der Waals surface area contributed by atoms with Crippen LogP contribution in [-0.4, -0.2) is 39.5 Å². The minimum absolute atomic E-state index is 0.0288. The Morgan fingerprint density at radius 2 is 1.49 bits per heavy atom. The summed E-state index contributed by atoms with van der Waals surface area (Å²) >= 11 is 6.00. The molecule has 1 aliphatic heterocycles. The minimum Gasteiger partial charge on any atom is -0.301 e. The normalized spacial score (nSPS) is 18.3. The Morgan fingerprint density at radius 1 is 0.865 bits per heavy atom.